The second-order valence-electron chi connectivity index (χ2n) is 3.49. The first-order valence-electron chi connectivity index (χ1n) is 4.96. The van der Waals surface area contributed by atoms with E-state index in [1.165, 1.54) is 11.6 Å². The van der Waals surface area contributed by atoms with Crippen molar-refractivity contribution in [3.05, 3.63) is 35.4 Å². The highest BCUT2D eigenvalue weighted by Crippen LogP contribution is 2.18. The van der Waals surface area contributed by atoms with Gasteiger partial charge in [0.25, 0.3) is 0 Å². The third-order valence-electron chi connectivity index (χ3n) is 2.21. The van der Waals surface area contributed by atoms with Crippen LogP contribution in [0.2, 0.25) is 0 Å². The lowest BCUT2D eigenvalue weighted by Crippen LogP contribution is -1.78. The lowest BCUT2D eigenvalue weighted by Gasteiger charge is -1.92. The number of oxazole rings is 1. The minimum absolute atomic E-state index is 0.192. The fourth-order valence-corrected chi connectivity index (χ4v) is 1.45. The van der Waals surface area contributed by atoms with E-state index < -0.39 is 0 Å². The molecule has 2 rings (SSSR count). The van der Waals surface area contributed by atoms with Gasteiger partial charge in [-0.1, -0.05) is 13.0 Å². The Labute approximate surface area is 88.1 Å². The number of aliphatic hydroxyl groups is 1. The molecule has 3 heteroatoms. The number of aliphatic hydroxyl groups excluding tert-OH is 1. The van der Waals surface area contributed by atoms with E-state index in [4.69, 9.17) is 9.52 Å². The third kappa shape index (κ3) is 2.01. The zero-order valence-electron chi connectivity index (χ0n) is 8.82. The molecule has 3 nitrogen and oxygen atoms in total. The molecule has 1 aromatic heterocycles. The lowest BCUT2D eigenvalue weighted by molar-refractivity contribution is 0.417. The summed E-state index contributed by atoms with van der Waals surface area (Å²) in [4.78, 5) is 4.26. The summed E-state index contributed by atoms with van der Waals surface area (Å²) in [6.07, 6.45) is 2.48. The SMILES string of the molecule is CCc1ccc2oc(C=C(C)O)nc2c1. The normalized spacial score (nSPS) is 12.3. The third-order valence-corrected chi connectivity index (χ3v) is 2.21. The van der Waals surface area contributed by atoms with Crippen LogP contribution in [0.4, 0.5) is 0 Å². The van der Waals surface area contributed by atoms with Crippen LogP contribution in [0, 0.1) is 0 Å². The molecule has 0 spiro atoms. The van der Waals surface area contributed by atoms with Crippen molar-refractivity contribution in [3.8, 4) is 0 Å². The molecular formula is C12H13NO2. The summed E-state index contributed by atoms with van der Waals surface area (Å²) in [5.74, 6) is 0.635. The van der Waals surface area contributed by atoms with Crippen molar-refractivity contribution in [3.63, 3.8) is 0 Å². The number of benzene rings is 1. The van der Waals surface area contributed by atoms with E-state index in [2.05, 4.69) is 11.9 Å². The van der Waals surface area contributed by atoms with Crippen LogP contribution in [0.25, 0.3) is 17.2 Å². The number of hydrogen-bond donors (Lipinski definition) is 1. The molecule has 0 unspecified atom stereocenters. The summed E-state index contributed by atoms with van der Waals surface area (Å²) in [7, 11) is 0. The van der Waals surface area contributed by atoms with E-state index in [0.717, 1.165) is 17.5 Å². The Kier molecular flexibility index (Phi) is 2.46. The molecule has 78 valence electrons. The summed E-state index contributed by atoms with van der Waals surface area (Å²) in [5, 5.41) is 9.09. The zero-order chi connectivity index (χ0) is 10.8. The Hall–Kier alpha value is -1.77. The summed E-state index contributed by atoms with van der Waals surface area (Å²) in [6.45, 7) is 3.69. The summed E-state index contributed by atoms with van der Waals surface area (Å²) >= 11 is 0. The van der Waals surface area contributed by atoms with Gasteiger partial charge in [-0.15, -0.1) is 0 Å². The molecule has 0 aliphatic rings. The minimum Gasteiger partial charge on any atom is -0.512 e. The van der Waals surface area contributed by atoms with Crippen molar-refractivity contribution in [1.29, 1.82) is 0 Å². The van der Waals surface area contributed by atoms with Crippen LogP contribution in [0.15, 0.2) is 28.4 Å². The minimum atomic E-state index is 0.192. The van der Waals surface area contributed by atoms with Gasteiger partial charge in [-0.25, -0.2) is 4.98 Å². The topological polar surface area (TPSA) is 46.3 Å². The predicted molar refractivity (Wildman–Crippen MR) is 59.7 cm³/mol. The highest BCUT2D eigenvalue weighted by Gasteiger charge is 2.04. The maximum atomic E-state index is 9.09. The Morgan fingerprint density at radius 1 is 1.53 bits per heavy atom. The quantitative estimate of drug-likeness (QED) is 0.761. The average molecular weight is 203 g/mol. The number of rotatable bonds is 2. The molecule has 0 aliphatic heterocycles. The molecule has 0 saturated heterocycles. The molecule has 2 aromatic rings. The maximum absolute atomic E-state index is 9.09. The van der Waals surface area contributed by atoms with E-state index in [-0.39, 0.29) is 5.76 Å². The number of aryl methyl sites for hydroxylation is 1. The van der Waals surface area contributed by atoms with Gasteiger partial charge in [0, 0.05) is 6.08 Å². The molecule has 0 bridgehead atoms. The highest BCUT2D eigenvalue weighted by molar-refractivity contribution is 5.74. The van der Waals surface area contributed by atoms with Crippen LogP contribution in [-0.2, 0) is 6.42 Å². The Morgan fingerprint density at radius 3 is 3.00 bits per heavy atom. The second kappa shape index (κ2) is 3.77. The van der Waals surface area contributed by atoms with E-state index in [1.54, 1.807) is 6.92 Å². The molecule has 0 fully saturated rings. The number of fused-ring (bicyclic) bond motifs is 1. The molecular weight excluding hydrogens is 190 g/mol. The van der Waals surface area contributed by atoms with Crippen molar-refractivity contribution >= 4 is 17.2 Å². The van der Waals surface area contributed by atoms with Crippen LogP contribution in [-0.4, -0.2) is 10.1 Å². The van der Waals surface area contributed by atoms with Crippen LogP contribution >= 0.6 is 0 Å². The van der Waals surface area contributed by atoms with Crippen molar-refractivity contribution in [2.45, 2.75) is 20.3 Å². The molecule has 0 aliphatic carbocycles. The van der Waals surface area contributed by atoms with Gasteiger partial charge in [0.05, 0.1) is 5.76 Å². The molecule has 1 heterocycles. The van der Waals surface area contributed by atoms with Gasteiger partial charge in [-0.2, -0.15) is 0 Å². The number of aromatic nitrogens is 1. The van der Waals surface area contributed by atoms with Gasteiger partial charge in [-0.05, 0) is 31.0 Å². The average Bonchev–Trinajstić information content (AvgIpc) is 2.57. The standard InChI is InChI=1S/C12H13NO2/c1-3-9-4-5-11-10(7-9)13-12(15-11)6-8(2)14/h4-7,14H,3H2,1-2H3. The smallest absolute Gasteiger partial charge is 0.223 e. The molecule has 1 aromatic carbocycles. The first-order chi connectivity index (χ1) is 7.19. The molecule has 0 amide bonds. The molecule has 0 radical (unpaired) electrons. The van der Waals surface area contributed by atoms with Crippen molar-refractivity contribution in [1.82, 2.24) is 4.98 Å². The van der Waals surface area contributed by atoms with Gasteiger partial charge in [0.2, 0.25) is 5.89 Å². The summed E-state index contributed by atoms with van der Waals surface area (Å²) < 4.78 is 5.43. The van der Waals surface area contributed by atoms with Crippen molar-refractivity contribution < 1.29 is 9.52 Å². The van der Waals surface area contributed by atoms with Gasteiger partial charge in [0.1, 0.15) is 5.52 Å². The van der Waals surface area contributed by atoms with Crippen LogP contribution < -0.4 is 0 Å². The Bertz CT molecular complexity index is 507. The second-order valence-corrected chi connectivity index (χ2v) is 3.49. The van der Waals surface area contributed by atoms with Crippen LogP contribution in [0.1, 0.15) is 25.3 Å². The van der Waals surface area contributed by atoms with Crippen molar-refractivity contribution in [2.24, 2.45) is 0 Å². The Morgan fingerprint density at radius 2 is 2.33 bits per heavy atom. The van der Waals surface area contributed by atoms with E-state index >= 15 is 0 Å². The Balaban J connectivity index is 2.51. The van der Waals surface area contributed by atoms with E-state index in [1.807, 2.05) is 18.2 Å². The van der Waals surface area contributed by atoms with E-state index in [0.29, 0.717) is 5.89 Å². The molecule has 15 heavy (non-hydrogen) atoms. The molecule has 1 N–H and O–H groups in total. The number of nitrogens with zero attached hydrogens (tertiary/aromatic N) is 1. The zero-order valence-corrected chi connectivity index (χ0v) is 8.82. The van der Waals surface area contributed by atoms with Crippen LogP contribution in [0.3, 0.4) is 0 Å². The monoisotopic (exact) mass is 203 g/mol. The van der Waals surface area contributed by atoms with E-state index in [9.17, 15) is 0 Å². The number of allylic oxidation sites excluding steroid dienone is 1. The largest absolute Gasteiger partial charge is 0.512 e. The molecule has 0 atom stereocenters. The fourth-order valence-electron chi connectivity index (χ4n) is 1.45. The predicted octanol–water partition coefficient (Wildman–Crippen LogP) is 3.31. The highest BCUT2D eigenvalue weighted by atomic mass is 16.3. The summed E-state index contributed by atoms with van der Waals surface area (Å²) in [5.41, 5.74) is 2.81. The first kappa shape index (κ1) is 9.77. The fraction of sp³-hybridized carbons (Fsp3) is 0.250. The lowest BCUT2D eigenvalue weighted by atomic mass is 10.1. The van der Waals surface area contributed by atoms with Crippen LogP contribution in [0.5, 0.6) is 0 Å². The first-order valence-corrected chi connectivity index (χ1v) is 4.96. The number of hydrogen-bond acceptors (Lipinski definition) is 3. The van der Waals surface area contributed by atoms with Gasteiger partial charge in [-0.3, -0.25) is 0 Å². The van der Waals surface area contributed by atoms with Gasteiger partial charge < -0.3 is 9.52 Å². The van der Waals surface area contributed by atoms with Gasteiger partial charge in [0.15, 0.2) is 5.58 Å². The maximum Gasteiger partial charge on any atom is 0.223 e. The summed E-state index contributed by atoms with van der Waals surface area (Å²) in [6, 6.07) is 5.93. The molecule has 0 saturated carbocycles. The van der Waals surface area contributed by atoms with Gasteiger partial charge >= 0.3 is 0 Å². The van der Waals surface area contributed by atoms with Crippen molar-refractivity contribution in [2.75, 3.05) is 0 Å².